The molecule has 1 N–H and O–H groups in total. The van der Waals surface area contributed by atoms with Crippen molar-refractivity contribution in [1.82, 2.24) is 14.3 Å². The van der Waals surface area contributed by atoms with Crippen molar-refractivity contribution in [1.29, 1.82) is 0 Å². The van der Waals surface area contributed by atoms with Crippen LogP contribution in [0.5, 0.6) is 0 Å². The number of aryl methyl sites for hydroxylation is 3. The molecule has 1 aliphatic rings. The van der Waals surface area contributed by atoms with Crippen LogP contribution in [0.25, 0.3) is 0 Å². The number of aliphatic hydroxyl groups excluding tert-OH is 1. The first-order chi connectivity index (χ1) is 9.67. The second-order valence-corrected chi connectivity index (χ2v) is 5.77. The van der Waals surface area contributed by atoms with Crippen molar-refractivity contribution in [2.75, 3.05) is 0 Å². The van der Waals surface area contributed by atoms with E-state index in [0.717, 1.165) is 43.6 Å². The smallest absolute Gasteiger partial charge is 0.0807 e. The van der Waals surface area contributed by atoms with E-state index in [4.69, 9.17) is 0 Å². The Labute approximate surface area is 120 Å². The molecule has 3 rings (SSSR count). The number of fused-ring (bicyclic) bond motifs is 1. The summed E-state index contributed by atoms with van der Waals surface area (Å²) in [5.41, 5.74) is 4.73. The molecule has 108 valence electrons. The summed E-state index contributed by atoms with van der Waals surface area (Å²) in [5.74, 6) is 0. The van der Waals surface area contributed by atoms with Gasteiger partial charge in [-0.1, -0.05) is 6.42 Å². The van der Waals surface area contributed by atoms with Crippen LogP contribution < -0.4 is 0 Å². The van der Waals surface area contributed by atoms with Crippen LogP contribution >= 0.6 is 0 Å². The molecule has 0 fully saturated rings. The average Bonchev–Trinajstić information content (AvgIpc) is 2.94. The highest BCUT2D eigenvalue weighted by Crippen LogP contribution is 2.29. The Hall–Kier alpha value is -1.55. The van der Waals surface area contributed by atoms with Crippen molar-refractivity contribution >= 4 is 0 Å². The monoisotopic (exact) mass is 273 g/mol. The molecule has 0 spiro atoms. The quantitative estimate of drug-likeness (QED) is 0.874. The first-order valence-electron chi connectivity index (χ1n) is 7.57. The molecule has 1 aliphatic carbocycles. The fourth-order valence-electron chi connectivity index (χ4n) is 3.17. The van der Waals surface area contributed by atoms with Crippen LogP contribution in [-0.4, -0.2) is 19.5 Å². The van der Waals surface area contributed by atoms with Crippen molar-refractivity contribution in [2.45, 2.75) is 58.7 Å². The minimum absolute atomic E-state index is 0.286. The van der Waals surface area contributed by atoms with Crippen LogP contribution in [0.3, 0.4) is 0 Å². The van der Waals surface area contributed by atoms with Gasteiger partial charge in [-0.05, 0) is 44.7 Å². The molecule has 20 heavy (non-hydrogen) atoms. The molecule has 4 nitrogen and oxygen atoms in total. The fraction of sp³-hybridized carbons (Fsp3) is 0.562. The summed E-state index contributed by atoms with van der Waals surface area (Å²) >= 11 is 0. The predicted octanol–water partition coefficient (Wildman–Crippen LogP) is 2.82. The molecule has 1 atom stereocenters. The number of aromatic nitrogens is 3. The fourth-order valence-corrected chi connectivity index (χ4v) is 3.17. The van der Waals surface area contributed by atoms with Crippen molar-refractivity contribution < 1.29 is 5.11 Å². The van der Waals surface area contributed by atoms with E-state index in [2.05, 4.69) is 39.7 Å². The lowest BCUT2D eigenvalue weighted by atomic mass is 10.1. The molecular weight excluding hydrogens is 250 g/mol. The molecular formula is C16H23N3O. The van der Waals surface area contributed by atoms with Gasteiger partial charge < -0.3 is 9.67 Å². The van der Waals surface area contributed by atoms with Crippen molar-refractivity contribution in [2.24, 2.45) is 0 Å². The maximum absolute atomic E-state index is 10.2. The van der Waals surface area contributed by atoms with E-state index in [-0.39, 0.29) is 6.10 Å². The van der Waals surface area contributed by atoms with Gasteiger partial charge in [-0.2, -0.15) is 5.10 Å². The number of hydrogen-bond acceptors (Lipinski definition) is 2. The normalized spacial score (nSPS) is 18.9. The van der Waals surface area contributed by atoms with Crippen LogP contribution in [0.1, 0.15) is 54.8 Å². The Morgan fingerprint density at radius 2 is 2.20 bits per heavy atom. The lowest BCUT2D eigenvalue weighted by Gasteiger charge is -2.07. The van der Waals surface area contributed by atoms with Crippen LogP contribution in [0, 0.1) is 6.92 Å². The van der Waals surface area contributed by atoms with Crippen molar-refractivity contribution in [3.8, 4) is 0 Å². The van der Waals surface area contributed by atoms with Crippen LogP contribution in [0.4, 0.5) is 0 Å². The number of aliphatic hydroxyl groups is 1. The second kappa shape index (κ2) is 5.44. The number of nitrogens with zero attached hydrogens (tertiary/aromatic N) is 3. The van der Waals surface area contributed by atoms with Gasteiger partial charge >= 0.3 is 0 Å². The second-order valence-electron chi connectivity index (χ2n) is 5.77. The van der Waals surface area contributed by atoms with Gasteiger partial charge in [-0.3, -0.25) is 4.68 Å². The zero-order valence-corrected chi connectivity index (χ0v) is 12.3. The predicted molar refractivity (Wildman–Crippen MR) is 78.7 cm³/mol. The molecule has 0 bridgehead atoms. The maximum atomic E-state index is 10.2. The minimum Gasteiger partial charge on any atom is -0.388 e. The molecule has 0 amide bonds. The molecule has 4 heteroatoms. The molecule has 0 aromatic carbocycles. The van der Waals surface area contributed by atoms with Crippen LogP contribution in [0.2, 0.25) is 0 Å². The summed E-state index contributed by atoms with van der Waals surface area (Å²) in [6.45, 7) is 5.87. The Kier molecular flexibility index (Phi) is 3.66. The van der Waals surface area contributed by atoms with E-state index in [1.54, 1.807) is 0 Å². The molecule has 1 unspecified atom stereocenters. The zero-order chi connectivity index (χ0) is 14.1. The zero-order valence-electron chi connectivity index (χ0n) is 12.3. The topological polar surface area (TPSA) is 43.0 Å². The molecule has 2 heterocycles. The summed E-state index contributed by atoms with van der Waals surface area (Å²) in [4.78, 5) is 0. The standard InChI is InChI=1S/C16H23N3O/c1-3-19-14(8-12(2)17-19)10-18-9-13-6-4-5-7-16(20)15(13)11-18/h8-9,11,16,20H,3-7,10H2,1-2H3. The van der Waals surface area contributed by atoms with E-state index in [1.807, 2.05) is 6.92 Å². The highest BCUT2D eigenvalue weighted by molar-refractivity contribution is 5.28. The molecule has 0 aliphatic heterocycles. The van der Waals surface area contributed by atoms with Gasteiger partial charge in [-0.25, -0.2) is 0 Å². The van der Waals surface area contributed by atoms with E-state index < -0.39 is 0 Å². The summed E-state index contributed by atoms with van der Waals surface area (Å²) in [6, 6.07) is 2.14. The molecule has 0 radical (unpaired) electrons. The Balaban J connectivity index is 1.86. The summed E-state index contributed by atoms with van der Waals surface area (Å²) in [5, 5.41) is 14.7. The van der Waals surface area contributed by atoms with E-state index >= 15 is 0 Å². The molecule has 0 saturated heterocycles. The van der Waals surface area contributed by atoms with Crippen LogP contribution in [0.15, 0.2) is 18.5 Å². The van der Waals surface area contributed by atoms with Crippen molar-refractivity contribution in [3.63, 3.8) is 0 Å². The number of rotatable bonds is 3. The average molecular weight is 273 g/mol. The number of hydrogen-bond donors (Lipinski definition) is 1. The van der Waals surface area contributed by atoms with Gasteiger partial charge in [0.1, 0.15) is 0 Å². The SMILES string of the molecule is CCn1nc(C)cc1Cn1cc2c(c1)C(O)CCCC2. The summed E-state index contributed by atoms with van der Waals surface area (Å²) < 4.78 is 4.25. The third kappa shape index (κ3) is 2.52. The Morgan fingerprint density at radius 3 is 3.00 bits per heavy atom. The molecule has 2 aromatic heterocycles. The Bertz CT molecular complexity index is 597. The highest BCUT2D eigenvalue weighted by Gasteiger charge is 2.18. The third-order valence-corrected chi connectivity index (χ3v) is 4.16. The van der Waals surface area contributed by atoms with Gasteiger partial charge in [0.2, 0.25) is 0 Å². The van der Waals surface area contributed by atoms with E-state index in [1.165, 1.54) is 17.7 Å². The Morgan fingerprint density at radius 1 is 1.35 bits per heavy atom. The summed E-state index contributed by atoms with van der Waals surface area (Å²) in [6.07, 6.45) is 8.32. The lowest BCUT2D eigenvalue weighted by Crippen LogP contribution is -2.06. The molecule has 2 aromatic rings. The summed E-state index contributed by atoms with van der Waals surface area (Å²) in [7, 11) is 0. The van der Waals surface area contributed by atoms with Gasteiger partial charge in [-0.15, -0.1) is 0 Å². The van der Waals surface area contributed by atoms with Gasteiger partial charge in [0.25, 0.3) is 0 Å². The highest BCUT2D eigenvalue weighted by atomic mass is 16.3. The third-order valence-electron chi connectivity index (χ3n) is 4.16. The van der Waals surface area contributed by atoms with Gasteiger partial charge in [0.15, 0.2) is 0 Å². The first kappa shape index (κ1) is 13.4. The lowest BCUT2D eigenvalue weighted by molar-refractivity contribution is 0.166. The maximum Gasteiger partial charge on any atom is 0.0807 e. The largest absolute Gasteiger partial charge is 0.388 e. The van der Waals surface area contributed by atoms with Gasteiger partial charge in [0.05, 0.1) is 24.0 Å². The molecule has 0 saturated carbocycles. The van der Waals surface area contributed by atoms with Crippen molar-refractivity contribution in [3.05, 3.63) is 41.0 Å². The van der Waals surface area contributed by atoms with Crippen LogP contribution in [-0.2, 0) is 19.5 Å². The van der Waals surface area contributed by atoms with Gasteiger partial charge in [0, 0.05) is 24.5 Å². The van der Waals surface area contributed by atoms with E-state index in [9.17, 15) is 5.11 Å². The first-order valence-corrected chi connectivity index (χ1v) is 7.57. The van der Waals surface area contributed by atoms with E-state index in [0.29, 0.717) is 0 Å². The minimum atomic E-state index is -0.286.